The van der Waals surface area contributed by atoms with Gasteiger partial charge in [-0.2, -0.15) is 5.10 Å². The van der Waals surface area contributed by atoms with Crippen LogP contribution in [-0.2, 0) is 21.4 Å². The lowest BCUT2D eigenvalue weighted by Crippen LogP contribution is -2.35. The minimum atomic E-state index is -0.604. The van der Waals surface area contributed by atoms with Crippen molar-refractivity contribution in [3.63, 3.8) is 0 Å². The van der Waals surface area contributed by atoms with Crippen LogP contribution in [-0.4, -0.2) is 52.7 Å². The Labute approximate surface area is 230 Å². The lowest BCUT2D eigenvalue weighted by molar-refractivity contribution is -0.122. The number of likely N-dealkylation sites (N-methyl/N-ethyl adjacent to an activating group) is 1. The lowest BCUT2D eigenvalue weighted by Gasteiger charge is -2.18. The van der Waals surface area contributed by atoms with E-state index in [-0.39, 0.29) is 18.2 Å². The zero-order valence-corrected chi connectivity index (χ0v) is 23.0. The summed E-state index contributed by atoms with van der Waals surface area (Å²) in [7, 11) is 3.15. The summed E-state index contributed by atoms with van der Waals surface area (Å²) in [6, 6.07) is 15.0. The van der Waals surface area contributed by atoms with E-state index in [1.807, 2.05) is 68.1 Å². The van der Waals surface area contributed by atoms with Crippen molar-refractivity contribution < 1.29 is 19.1 Å². The van der Waals surface area contributed by atoms with E-state index in [1.165, 1.54) is 0 Å². The number of amides is 2. The van der Waals surface area contributed by atoms with Crippen molar-refractivity contribution in [3.05, 3.63) is 59.7 Å². The second kappa shape index (κ2) is 9.41. The molecule has 204 valence electrons. The molecule has 3 heterocycles. The third kappa shape index (κ3) is 4.12. The minimum Gasteiger partial charge on any atom is -0.497 e. The number of ether oxygens (including phenoxy) is 2. The van der Waals surface area contributed by atoms with Gasteiger partial charge in [-0.25, -0.2) is 4.98 Å². The molecule has 40 heavy (non-hydrogen) atoms. The third-order valence-corrected chi connectivity index (χ3v) is 7.51. The summed E-state index contributed by atoms with van der Waals surface area (Å²) in [6.45, 7) is 6.48. The highest BCUT2D eigenvalue weighted by Crippen LogP contribution is 2.43. The van der Waals surface area contributed by atoms with E-state index in [4.69, 9.17) is 14.5 Å². The number of aromatic amines is 2. The van der Waals surface area contributed by atoms with Crippen molar-refractivity contribution in [1.29, 1.82) is 0 Å². The molecule has 1 aliphatic heterocycles. The number of carbonyl (C=O) groups is 2. The van der Waals surface area contributed by atoms with Gasteiger partial charge in [-0.3, -0.25) is 14.7 Å². The summed E-state index contributed by atoms with van der Waals surface area (Å²) >= 11 is 0. The summed E-state index contributed by atoms with van der Waals surface area (Å²) in [5.41, 5.74) is 5.74. The van der Waals surface area contributed by atoms with E-state index in [0.717, 1.165) is 38.8 Å². The van der Waals surface area contributed by atoms with Gasteiger partial charge in [0.2, 0.25) is 11.8 Å². The highest BCUT2D eigenvalue weighted by molar-refractivity contribution is 6.09. The van der Waals surface area contributed by atoms with Gasteiger partial charge in [0.1, 0.15) is 17.2 Å². The fourth-order valence-electron chi connectivity index (χ4n) is 5.39. The summed E-state index contributed by atoms with van der Waals surface area (Å²) in [5.74, 6) is 1.77. The number of anilines is 2. The fourth-order valence-corrected chi connectivity index (χ4v) is 5.39. The Morgan fingerprint density at radius 2 is 1.77 bits per heavy atom. The molecule has 0 spiro atoms. The number of methoxy groups -OCH3 is 2. The predicted molar refractivity (Wildman–Crippen MR) is 154 cm³/mol. The van der Waals surface area contributed by atoms with E-state index in [2.05, 4.69) is 20.5 Å². The smallest absolute Gasteiger partial charge is 0.237 e. The molecule has 0 unspecified atom stereocenters. The Hall–Kier alpha value is -4.86. The van der Waals surface area contributed by atoms with Crippen LogP contribution in [0.5, 0.6) is 11.5 Å². The van der Waals surface area contributed by atoms with Crippen molar-refractivity contribution in [1.82, 2.24) is 20.2 Å². The van der Waals surface area contributed by atoms with Crippen LogP contribution < -0.4 is 19.7 Å². The van der Waals surface area contributed by atoms with Crippen molar-refractivity contribution in [3.8, 4) is 23.0 Å². The molecular weight excluding hydrogens is 508 g/mol. The van der Waals surface area contributed by atoms with Crippen LogP contribution in [0.3, 0.4) is 0 Å². The number of imidazole rings is 1. The van der Waals surface area contributed by atoms with Gasteiger partial charge >= 0.3 is 0 Å². The number of benzene rings is 3. The monoisotopic (exact) mass is 538 g/mol. The molecule has 1 aliphatic rings. The molecule has 10 nitrogen and oxygen atoms in total. The van der Waals surface area contributed by atoms with Gasteiger partial charge in [0.05, 0.1) is 48.3 Å². The molecule has 10 heteroatoms. The van der Waals surface area contributed by atoms with Crippen LogP contribution in [0, 0.1) is 0 Å². The zero-order valence-electron chi connectivity index (χ0n) is 23.0. The quantitative estimate of drug-likeness (QED) is 0.269. The summed E-state index contributed by atoms with van der Waals surface area (Å²) in [4.78, 5) is 35.8. The normalized spacial score (nSPS) is 14.1. The molecule has 2 amide bonds. The maximum Gasteiger partial charge on any atom is 0.237 e. The molecule has 6 rings (SSSR count). The Morgan fingerprint density at radius 1 is 1.02 bits per heavy atom. The van der Waals surface area contributed by atoms with Gasteiger partial charge in [0.25, 0.3) is 0 Å². The second-order valence-electron chi connectivity index (χ2n) is 10.4. The largest absolute Gasteiger partial charge is 0.497 e. The molecule has 3 N–H and O–H groups in total. The molecule has 3 aromatic carbocycles. The number of hydrogen-bond donors (Lipinski definition) is 3. The second-order valence-corrected chi connectivity index (χ2v) is 10.4. The number of rotatable bonds is 7. The lowest BCUT2D eigenvalue weighted by atomic mass is 9.86. The average molecular weight is 539 g/mol. The third-order valence-electron chi connectivity index (χ3n) is 7.51. The molecule has 0 bridgehead atoms. The van der Waals surface area contributed by atoms with Crippen LogP contribution in [0.1, 0.15) is 31.9 Å². The van der Waals surface area contributed by atoms with E-state index < -0.39 is 5.41 Å². The first-order valence-corrected chi connectivity index (χ1v) is 13.1. The number of H-pyrrole nitrogens is 2. The molecule has 0 fully saturated rings. The van der Waals surface area contributed by atoms with Gasteiger partial charge < -0.3 is 24.7 Å². The Balaban J connectivity index is 1.30. The number of carbonyl (C=O) groups excluding carboxylic acids is 2. The molecule has 0 saturated carbocycles. The first-order chi connectivity index (χ1) is 19.2. The highest BCUT2D eigenvalue weighted by atomic mass is 16.5. The van der Waals surface area contributed by atoms with Gasteiger partial charge in [0, 0.05) is 23.7 Å². The standard InChI is InChI=1S/C30H30N6O4/c1-6-36-25-15-24-23(14-21(25)30(2,3)29(36)38)32-28(33-24)27-20-12-17(7-8-22(20)34-35-27)31-26(37)11-16-9-18(39-4)13-19(10-16)40-5/h7-10,12-15H,6,11H2,1-5H3,(H,31,37)(H,32,33)(H,34,35). The molecule has 0 aliphatic carbocycles. The maximum atomic E-state index is 12.9. The fraction of sp³-hybridized carbons (Fsp3) is 0.267. The van der Waals surface area contributed by atoms with E-state index >= 15 is 0 Å². The van der Waals surface area contributed by atoms with Crippen LogP contribution in [0.4, 0.5) is 11.4 Å². The van der Waals surface area contributed by atoms with E-state index in [1.54, 1.807) is 20.3 Å². The zero-order chi connectivity index (χ0) is 28.2. The molecule has 5 aromatic rings. The number of aromatic nitrogens is 4. The molecule has 0 radical (unpaired) electrons. The Kier molecular flexibility index (Phi) is 5.98. The van der Waals surface area contributed by atoms with E-state index in [9.17, 15) is 9.59 Å². The van der Waals surface area contributed by atoms with Crippen LogP contribution in [0.2, 0.25) is 0 Å². The summed E-state index contributed by atoms with van der Waals surface area (Å²) < 4.78 is 10.6. The van der Waals surface area contributed by atoms with Crippen molar-refractivity contribution in [2.45, 2.75) is 32.6 Å². The average Bonchev–Trinajstić information content (AvgIpc) is 3.60. The molecule has 0 saturated heterocycles. The summed E-state index contributed by atoms with van der Waals surface area (Å²) in [5, 5.41) is 11.4. The topological polar surface area (TPSA) is 125 Å². The van der Waals surface area contributed by atoms with Crippen molar-refractivity contribution in [2.24, 2.45) is 0 Å². The predicted octanol–water partition coefficient (Wildman–Crippen LogP) is 4.95. The molecule has 0 atom stereocenters. The highest BCUT2D eigenvalue weighted by Gasteiger charge is 2.43. The first-order valence-electron chi connectivity index (χ1n) is 13.1. The van der Waals surface area contributed by atoms with Gasteiger partial charge in [0.15, 0.2) is 5.82 Å². The Morgan fingerprint density at radius 3 is 2.48 bits per heavy atom. The molecular formula is C30H30N6O4. The van der Waals surface area contributed by atoms with Crippen LogP contribution in [0.25, 0.3) is 33.5 Å². The summed E-state index contributed by atoms with van der Waals surface area (Å²) in [6.07, 6.45) is 0.158. The maximum absolute atomic E-state index is 12.9. The Bertz CT molecular complexity index is 1780. The van der Waals surface area contributed by atoms with Gasteiger partial charge in [-0.15, -0.1) is 0 Å². The van der Waals surface area contributed by atoms with Crippen LogP contribution in [0.15, 0.2) is 48.5 Å². The number of fused-ring (bicyclic) bond motifs is 3. The minimum absolute atomic E-state index is 0.0938. The van der Waals surface area contributed by atoms with Gasteiger partial charge in [-0.1, -0.05) is 0 Å². The number of hydrogen-bond acceptors (Lipinski definition) is 6. The SMILES string of the molecule is CCN1C(=O)C(C)(C)c2cc3[nH]c(-c4n[nH]c5ccc(NC(=O)Cc6cc(OC)cc(OC)c6)cc45)nc3cc21. The van der Waals surface area contributed by atoms with E-state index in [0.29, 0.717) is 35.2 Å². The first kappa shape index (κ1) is 25.4. The van der Waals surface area contributed by atoms with Crippen molar-refractivity contribution >= 4 is 45.1 Å². The number of nitrogens with one attached hydrogen (secondary N) is 3. The van der Waals surface area contributed by atoms with Crippen molar-refractivity contribution in [2.75, 3.05) is 31.0 Å². The van der Waals surface area contributed by atoms with Crippen LogP contribution >= 0.6 is 0 Å². The molecule has 2 aromatic heterocycles. The van der Waals surface area contributed by atoms with Gasteiger partial charge in [-0.05, 0) is 74.4 Å². The number of nitrogens with zero attached hydrogens (tertiary/aromatic N) is 3.